The topological polar surface area (TPSA) is 72.8 Å². The van der Waals surface area contributed by atoms with Crippen molar-refractivity contribution < 1.29 is 5.11 Å². The van der Waals surface area contributed by atoms with E-state index in [0.29, 0.717) is 12.6 Å². The summed E-state index contributed by atoms with van der Waals surface area (Å²) in [5.41, 5.74) is 1.19. The molecule has 150 valence electrons. The highest BCUT2D eigenvalue weighted by Crippen LogP contribution is 2.19. The van der Waals surface area contributed by atoms with E-state index in [9.17, 15) is 5.11 Å². The van der Waals surface area contributed by atoms with Gasteiger partial charge in [0, 0.05) is 31.9 Å². The summed E-state index contributed by atoms with van der Waals surface area (Å²) < 4.78 is 0. The predicted molar refractivity (Wildman–Crippen MR) is 111 cm³/mol. The highest BCUT2D eigenvalue weighted by Gasteiger charge is 2.20. The van der Waals surface area contributed by atoms with Gasteiger partial charge in [-0.1, -0.05) is 12.8 Å². The monoisotopic (exact) mass is 373 g/mol. The van der Waals surface area contributed by atoms with Crippen LogP contribution >= 0.6 is 0 Å². The summed E-state index contributed by atoms with van der Waals surface area (Å²) in [7, 11) is 0. The molecule has 1 saturated carbocycles. The van der Waals surface area contributed by atoms with Gasteiger partial charge in [-0.25, -0.2) is 9.98 Å². The summed E-state index contributed by atoms with van der Waals surface area (Å²) in [6, 6.07) is 4.65. The van der Waals surface area contributed by atoms with E-state index in [0.717, 1.165) is 57.1 Å². The molecule has 2 heterocycles. The maximum absolute atomic E-state index is 9.68. The summed E-state index contributed by atoms with van der Waals surface area (Å²) in [5.74, 6) is 1.95. The lowest BCUT2D eigenvalue weighted by Crippen LogP contribution is -2.45. The normalized spacial score (nSPS) is 24.4. The van der Waals surface area contributed by atoms with Crippen molar-refractivity contribution in [3.8, 4) is 0 Å². The number of guanidine groups is 1. The Morgan fingerprint density at radius 1 is 1.19 bits per heavy atom. The van der Waals surface area contributed by atoms with Crippen molar-refractivity contribution in [2.45, 2.75) is 77.0 Å². The molecule has 2 aliphatic rings. The second-order valence-electron chi connectivity index (χ2n) is 7.77. The Hall–Kier alpha value is -1.82. The largest absolute Gasteiger partial charge is 0.393 e. The van der Waals surface area contributed by atoms with E-state index < -0.39 is 0 Å². The van der Waals surface area contributed by atoms with Crippen molar-refractivity contribution in [2.24, 2.45) is 4.99 Å². The minimum atomic E-state index is -0.128. The summed E-state index contributed by atoms with van der Waals surface area (Å²) in [6.45, 7) is 5.80. The summed E-state index contributed by atoms with van der Waals surface area (Å²) in [6.07, 6.45) is 10.7. The fourth-order valence-corrected chi connectivity index (χ4v) is 3.94. The molecule has 1 aromatic rings. The van der Waals surface area contributed by atoms with Crippen LogP contribution in [-0.4, -0.2) is 47.8 Å². The lowest BCUT2D eigenvalue weighted by atomic mass is 9.93. The number of nitrogens with zero attached hydrogens (tertiary/aromatic N) is 3. The van der Waals surface area contributed by atoms with Gasteiger partial charge in [-0.2, -0.15) is 0 Å². The third-order valence-electron chi connectivity index (χ3n) is 5.54. The van der Waals surface area contributed by atoms with Gasteiger partial charge in [0.1, 0.15) is 5.82 Å². The zero-order valence-corrected chi connectivity index (χ0v) is 16.7. The Kier molecular flexibility index (Phi) is 7.75. The molecule has 0 bridgehead atoms. The Morgan fingerprint density at radius 2 is 1.93 bits per heavy atom. The molecular weight excluding hydrogens is 338 g/mol. The highest BCUT2D eigenvalue weighted by atomic mass is 16.3. The predicted octanol–water partition coefficient (Wildman–Crippen LogP) is 2.82. The molecule has 1 aliphatic carbocycles. The highest BCUT2D eigenvalue weighted by molar-refractivity contribution is 5.80. The van der Waals surface area contributed by atoms with E-state index in [-0.39, 0.29) is 6.10 Å². The van der Waals surface area contributed by atoms with E-state index >= 15 is 0 Å². The molecule has 3 N–H and O–H groups in total. The molecule has 0 atom stereocenters. The minimum absolute atomic E-state index is 0.128. The molecule has 0 radical (unpaired) electrons. The number of pyridine rings is 1. The van der Waals surface area contributed by atoms with Crippen LogP contribution in [0.3, 0.4) is 0 Å². The second-order valence-corrected chi connectivity index (χ2v) is 7.77. The summed E-state index contributed by atoms with van der Waals surface area (Å²) in [5, 5.41) is 16.6. The summed E-state index contributed by atoms with van der Waals surface area (Å²) in [4.78, 5) is 11.8. The molecule has 27 heavy (non-hydrogen) atoms. The SMILES string of the molecule is CCNC(=NCc1ccnc(N2CCCCCC2)c1)NC1CCC(O)CC1. The number of aromatic nitrogens is 1. The molecule has 6 nitrogen and oxygen atoms in total. The van der Waals surface area contributed by atoms with Crippen molar-refractivity contribution in [3.05, 3.63) is 23.9 Å². The average molecular weight is 374 g/mol. The molecule has 1 saturated heterocycles. The smallest absolute Gasteiger partial charge is 0.191 e. The van der Waals surface area contributed by atoms with Crippen LogP contribution in [0, 0.1) is 0 Å². The minimum Gasteiger partial charge on any atom is -0.393 e. The first-order valence-corrected chi connectivity index (χ1v) is 10.7. The number of aliphatic imine (C=N–C) groups is 1. The number of hydrogen-bond acceptors (Lipinski definition) is 4. The lowest BCUT2D eigenvalue weighted by molar-refractivity contribution is 0.120. The van der Waals surface area contributed by atoms with Gasteiger partial charge in [0.15, 0.2) is 5.96 Å². The fourth-order valence-electron chi connectivity index (χ4n) is 3.94. The Labute approximate surface area is 163 Å². The number of nitrogens with one attached hydrogen (secondary N) is 2. The van der Waals surface area contributed by atoms with Crippen LogP contribution in [0.15, 0.2) is 23.3 Å². The molecule has 1 aromatic heterocycles. The first-order valence-electron chi connectivity index (χ1n) is 10.7. The van der Waals surface area contributed by atoms with Gasteiger partial charge < -0.3 is 20.6 Å². The molecule has 0 aromatic carbocycles. The van der Waals surface area contributed by atoms with Gasteiger partial charge in [0.2, 0.25) is 0 Å². The Bertz CT molecular complexity index is 590. The standard InChI is InChI=1S/C21H35N5O/c1-2-22-21(25-18-7-9-19(27)10-8-18)24-16-17-11-12-23-20(15-17)26-13-5-3-4-6-14-26/h11-12,15,18-19,27H,2-10,13-14,16H2,1H3,(H2,22,24,25). The first kappa shape index (κ1) is 19.9. The maximum atomic E-state index is 9.68. The first-order chi connectivity index (χ1) is 13.2. The second kappa shape index (κ2) is 10.5. The maximum Gasteiger partial charge on any atom is 0.191 e. The van der Waals surface area contributed by atoms with Crippen molar-refractivity contribution >= 4 is 11.8 Å². The average Bonchev–Trinajstić information content (AvgIpc) is 2.98. The zero-order valence-electron chi connectivity index (χ0n) is 16.7. The van der Waals surface area contributed by atoms with Gasteiger partial charge in [-0.05, 0) is 63.1 Å². The Morgan fingerprint density at radius 3 is 2.63 bits per heavy atom. The molecule has 0 spiro atoms. The third kappa shape index (κ3) is 6.38. The van der Waals surface area contributed by atoms with E-state index in [1.54, 1.807) is 0 Å². The van der Waals surface area contributed by atoms with Crippen LogP contribution in [-0.2, 0) is 6.54 Å². The molecule has 2 fully saturated rings. The molecular formula is C21H35N5O. The van der Waals surface area contributed by atoms with Crippen molar-refractivity contribution in [2.75, 3.05) is 24.5 Å². The number of aliphatic hydroxyl groups is 1. The van der Waals surface area contributed by atoms with Crippen LogP contribution in [0.2, 0.25) is 0 Å². The number of hydrogen-bond donors (Lipinski definition) is 3. The Balaban J connectivity index is 1.60. The van der Waals surface area contributed by atoms with Crippen LogP contribution in [0.25, 0.3) is 0 Å². The van der Waals surface area contributed by atoms with Crippen LogP contribution in [0.5, 0.6) is 0 Å². The van der Waals surface area contributed by atoms with Crippen LogP contribution in [0.1, 0.15) is 63.9 Å². The van der Waals surface area contributed by atoms with Gasteiger partial charge >= 0.3 is 0 Å². The van der Waals surface area contributed by atoms with E-state index in [1.165, 1.54) is 31.2 Å². The van der Waals surface area contributed by atoms with Gasteiger partial charge in [0.25, 0.3) is 0 Å². The zero-order chi connectivity index (χ0) is 18.9. The van der Waals surface area contributed by atoms with E-state index in [2.05, 4.69) is 39.6 Å². The van der Waals surface area contributed by atoms with Crippen LogP contribution in [0.4, 0.5) is 5.82 Å². The van der Waals surface area contributed by atoms with Gasteiger partial charge in [-0.15, -0.1) is 0 Å². The lowest BCUT2D eigenvalue weighted by Gasteiger charge is -2.27. The van der Waals surface area contributed by atoms with Gasteiger partial charge in [0.05, 0.1) is 12.6 Å². The van der Waals surface area contributed by atoms with Gasteiger partial charge in [-0.3, -0.25) is 0 Å². The molecule has 0 unspecified atom stereocenters. The molecule has 0 amide bonds. The van der Waals surface area contributed by atoms with Crippen LogP contribution < -0.4 is 15.5 Å². The number of aliphatic hydroxyl groups excluding tert-OH is 1. The van der Waals surface area contributed by atoms with E-state index in [1.807, 2.05) is 6.20 Å². The quantitative estimate of drug-likeness (QED) is 0.547. The van der Waals surface area contributed by atoms with Crippen molar-refractivity contribution in [1.29, 1.82) is 0 Å². The van der Waals surface area contributed by atoms with E-state index in [4.69, 9.17) is 4.99 Å². The summed E-state index contributed by atoms with van der Waals surface area (Å²) >= 11 is 0. The number of anilines is 1. The molecule has 6 heteroatoms. The fraction of sp³-hybridized carbons (Fsp3) is 0.714. The van der Waals surface area contributed by atoms with Crippen molar-refractivity contribution in [1.82, 2.24) is 15.6 Å². The van der Waals surface area contributed by atoms with Crippen molar-refractivity contribution in [3.63, 3.8) is 0 Å². The third-order valence-corrected chi connectivity index (χ3v) is 5.54. The number of rotatable bonds is 5. The molecule has 3 rings (SSSR count). The molecule has 1 aliphatic heterocycles.